The summed E-state index contributed by atoms with van der Waals surface area (Å²) < 4.78 is 0. The zero-order valence-electron chi connectivity index (χ0n) is 11.3. The van der Waals surface area contributed by atoms with Crippen LogP contribution in [0.2, 0.25) is 5.02 Å². The monoisotopic (exact) mass is 266 g/mol. The Balaban J connectivity index is 2.14. The number of halogens is 1. The van der Waals surface area contributed by atoms with Gasteiger partial charge in [-0.15, -0.1) is 0 Å². The minimum Gasteiger partial charge on any atom is -0.398 e. The van der Waals surface area contributed by atoms with Gasteiger partial charge in [0.1, 0.15) is 0 Å². The van der Waals surface area contributed by atoms with Crippen LogP contribution >= 0.6 is 11.6 Å². The summed E-state index contributed by atoms with van der Waals surface area (Å²) in [4.78, 5) is 0. The smallest absolute Gasteiger partial charge is 0.0656 e. The van der Waals surface area contributed by atoms with Gasteiger partial charge in [0.2, 0.25) is 0 Å². The van der Waals surface area contributed by atoms with Gasteiger partial charge in [-0.05, 0) is 43.4 Å². The van der Waals surface area contributed by atoms with E-state index in [-0.39, 0.29) is 0 Å². The molecule has 0 aromatic heterocycles. The second-order valence-corrected chi connectivity index (χ2v) is 5.96. The Bertz CT molecular complexity index is 417. The third-order valence-electron chi connectivity index (χ3n) is 4.05. The molecule has 0 spiro atoms. The van der Waals surface area contributed by atoms with Crippen molar-refractivity contribution in [3.63, 3.8) is 0 Å². The standard InChI is InChI=1S/C15H23ClN2/c1-10-6-4-3-5-7-14(10)18-15-9-12(16)13(17)8-11(15)2/h8-10,14,18H,3-7,17H2,1-2H3. The zero-order valence-corrected chi connectivity index (χ0v) is 12.1. The maximum Gasteiger partial charge on any atom is 0.0656 e. The van der Waals surface area contributed by atoms with Crippen LogP contribution in [0.5, 0.6) is 0 Å². The van der Waals surface area contributed by atoms with E-state index in [1.165, 1.54) is 37.7 Å². The molecule has 0 aliphatic heterocycles. The summed E-state index contributed by atoms with van der Waals surface area (Å²) in [6.07, 6.45) is 6.62. The van der Waals surface area contributed by atoms with Crippen LogP contribution in [0.3, 0.4) is 0 Å². The molecular weight excluding hydrogens is 244 g/mol. The van der Waals surface area contributed by atoms with Crippen LogP contribution in [-0.2, 0) is 0 Å². The lowest BCUT2D eigenvalue weighted by Crippen LogP contribution is -2.26. The van der Waals surface area contributed by atoms with Gasteiger partial charge in [-0.3, -0.25) is 0 Å². The molecule has 3 N–H and O–H groups in total. The van der Waals surface area contributed by atoms with Crippen LogP contribution in [0, 0.1) is 12.8 Å². The maximum absolute atomic E-state index is 6.11. The van der Waals surface area contributed by atoms with E-state index >= 15 is 0 Å². The predicted octanol–water partition coefficient (Wildman–Crippen LogP) is 4.61. The first-order valence-corrected chi connectivity index (χ1v) is 7.28. The molecule has 2 atom stereocenters. The number of hydrogen-bond acceptors (Lipinski definition) is 2. The van der Waals surface area contributed by atoms with Crippen LogP contribution < -0.4 is 11.1 Å². The molecule has 1 aliphatic rings. The fourth-order valence-electron chi connectivity index (χ4n) is 2.77. The topological polar surface area (TPSA) is 38.0 Å². The van der Waals surface area contributed by atoms with Gasteiger partial charge >= 0.3 is 0 Å². The number of benzene rings is 1. The van der Waals surface area contributed by atoms with Gasteiger partial charge in [-0.2, -0.15) is 0 Å². The van der Waals surface area contributed by atoms with Crippen LogP contribution in [0.4, 0.5) is 11.4 Å². The number of aryl methyl sites for hydroxylation is 1. The van der Waals surface area contributed by atoms with Gasteiger partial charge in [-0.1, -0.05) is 37.8 Å². The minimum atomic E-state index is 0.561. The van der Waals surface area contributed by atoms with E-state index in [0.717, 1.165) is 11.6 Å². The molecule has 0 saturated heterocycles. The lowest BCUT2D eigenvalue weighted by molar-refractivity contribution is 0.456. The number of anilines is 2. The Morgan fingerprint density at radius 2 is 1.94 bits per heavy atom. The van der Waals surface area contributed by atoms with E-state index in [2.05, 4.69) is 19.2 Å². The van der Waals surface area contributed by atoms with Crippen molar-refractivity contribution in [1.82, 2.24) is 0 Å². The fourth-order valence-corrected chi connectivity index (χ4v) is 2.93. The molecule has 1 aromatic rings. The Labute approximate surface area is 115 Å². The van der Waals surface area contributed by atoms with Crippen LogP contribution in [0.15, 0.2) is 12.1 Å². The van der Waals surface area contributed by atoms with Crippen molar-refractivity contribution >= 4 is 23.0 Å². The molecular formula is C15H23ClN2. The molecule has 1 fully saturated rings. The number of nitrogen functional groups attached to an aromatic ring is 1. The third-order valence-corrected chi connectivity index (χ3v) is 4.37. The second-order valence-electron chi connectivity index (χ2n) is 5.55. The van der Waals surface area contributed by atoms with Crippen molar-refractivity contribution in [2.24, 2.45) is 5.92 Å². The summed E-state index contributed by atoms with van der Waals surface area (Å²) in [6.45, 7) is 4.42. The summed E-state index contributed by atoms with van der Waals surface area (Å²) in [5.41, 5.74) is 8.78. The molecule has 100 valence electrons. The maximum atomic E-state index is 6.11. The quantitative estimate of drug-likeness (QED) is 0.606. The van der Waals surface area contributed by atoms with Crippen LogP contribution in [0.1, 0.15) is 44.6 Å². The third kappa shape index (κ3) is 3.11. The summed E-state index contributed by atoms with van der Waals surface area (Å²) in [5.74, 6) is 0.725. The van der Waals surface area contributed by atoms with E-state index in [9.17, 15) is 0 Å². The van der Waals surface area contributed by atoms with E-state index in [4.69, 9.17) is 17.3 Å². The Morgan fingerprint density at radius 3 is 2.72 bits per heavy atom. The SMILES string of the molecule is Cc1cc(N)c(Cl)cc1NC1CCCCCC1C. The van der Waals surface area contributed by atoms with Gasteiger partial charge in [0, 0.05) is 11.7 Å². The Kier molecular flexibility index (Phi) is 4.39. The summed E-state index contributed by atoms with van der Waals surface area (Å²) in [5, 5.41) is 4.31. The van der Waals surface area contributed by atoms with Crippen molar-refractivity contribution in [2.75, 3.05) is 11.1 Å². The van der Waals surface area contributed by atoms with Gasteiger partial charge in [0.05, 0.1) is 10.7 Å². The molecule has 2 rings (SSSR count). The number of hydrogen-bond donors (Lipinski definition) is 2. The van der Waals surface area contributed by atoms with Crippen molar-refractivity contribution in [2.45, 2.75) is 52.0 Å². The van der Waals surface area contributed by atoms with Crippen LogP contribution in [0.25, 0.3) is 0 Å². The molecule has 1 aliphatic carbocycles. The first-order chi connectivity index (χ1) is 8.58. The number of nitrogens with two attached hydrogens (primary N) is 1. The molecule has 1 aromatic carbocycles. The number of rotatable bonds is 2. The first kappa shape index (κ1) is 13.5. The molecule has 0 radical (unpaired) electrons. The molecule has 2 unspecified atom stereocenters. The van der Waals surface area contributed by atoms with Gasteiger partial charge in [-0.25, -0.2) is 0 Å². The summed E-state index contributed by atoms with van der Waals surface area (Å²) in [7, 11) is 0. The van der Waals surface area contributed by atoms with E-state index in [0.29, 0.717) is 16.8 Å². The molecule has 1 saturated carbocycles. The van der Waals surface area contributed by atoms with E-state index in [1.807, 2.05) is 12.1 Å². The van der Waals surface area contributed by atoms with Crippen molar-refractivity contribution in [3.05, 3.63) is 22.7 Å². The largest absolute Gasteiger partial charge is 0.398 e. The molecule has 0 heterocycles. The highest BCUT2D eigenvalue weighted by Crippen LogP contribution is 2.30. The summed E-state index contributed by atoms with van der Waals surface area (Å²) in [6, 6.07) is 4.47. The van der Waals surface area contributed by atoms with Crippen molar-refractivity contribution in [3.8, 4) is 0 Å². The van der Waals surface area contributed by atoms with Gasteiger partial charge < -0.3 is 11.1 Å². The highest BCUT2D eigenvalue weighted by Gasteiger charge is 2.20. The van der Waals surface area contributed by atoms with Crippen molar-refractivity contribution in [1.29, 1.82) is 0 Å². The Morgan fingerprint density at radius 1 is 1.22 bits per heavy atom. The average Bonchev–Trinajstić information content (AvgIpc) is 2.52. The molecule has 2 nitrogen and oxygen atoms in total. The van der Waals surface area contributed by atoms with Gasteiger partial charge in [0.25, 0.3) is 0 Å². The van der Waals surface area contributed by atoms with E-state index in [1.54, 1.807) is 0 Å². The molecule has 0 amide bonds. The van der Waals surface area contributed by atoms with Gasteiger partial charge in [0.15, 0.2) is 0 Å². The zero-order chi connectivity index (χ0) is 13.1. The summed E-state index contributed by atoms with van der Waals surface area (Å²) >= 11 is 6.11. The average molecular weight is 267 g/mol. The first-order valence-electron chi connectivity index (χ1n) is 6.90. The molecule has 18 heavy (non-hydrogen) atoms. The van der Waals surface area contributed by atoms with Crippen LogP contribution in [-0.4, -0.2) is 6.04 Å². The minimum absolute atomic E-state index is 0.561. The lowest BCUT2D eigenvalue weighted by Gasteiger charge is -2.25. The molecule has 3 heteroatoms. The predicted molar refractivity (Wildman–Crippen MR) is 80.3 cm³/mol. The highest BCUT2D eigenvalue weighted by atomic mass is 35.5. The normalized spacial score (nSPS) is 24.6. The van der Waals surface area contributed by atoms with Crippen molar-refractivity contribution < 1.29 is 0 Å². The van der Waals surface area contributed by atoms with E-state index < -0.39 is 0 Å². The number of nitrogens with one attached hydrogen (secondary N) is 1. The highest BCUT2D eigenvalue weighted by molar-refractivity contribution is 6.33. The fraction of sp³-hybridized carbons (Fsp3) is 0.600. The molecule has 0 bridgehead atoms. The Hall–Kier alpha value is -0.890. The lowest BCUT2D eigenvalue weighted by atomic mass is 9.96. The second kappa shape index (κ2) is 5.83.